The molecule has 0 aliphatic carbocycles. The minimum atomic E-state index is -0.499. The summed E-state index contributed by atoms with van der Waals surface area (Å²) in [6.07, 6.45) is 5.88. The summed E-state index contributed by atoms with van der Waals surface area (Å²) in [5, 5.41) is 12.5. The monoisotopic (exact) mass is 445 g/mol. The normalized spacial score (nSPS) is 14.5. The first-order valence-corrected chi connectivity index (χ1v) is 11.0. The number of ether oxygens (including phenoxy) is 1. The van der Waals surface area contributed by atoms with Crippen molar-refractivity contribution in [2.24, 2.45) is 0 Å². The molecule has 1 aromatic carbocycles. The van der Waals surface area contributed by atoms with Crippen LogP contribution < -0.4 is 5.32 Å². The van der Waals surface area contributed by atoms with Crippen LogP contribution in [0.15, 0.2) is 36.8 Å². The fourth-order valence-corrected chi connectivity index (χ4v) is 3.98. The molecule has 9 heteroatoms. The van der Waals surface area contributed by atoms with E-state index in [0.29, 0.717) is 13.1 Å². The number of H-pyrrole nitrogens is 2. The third-order valence-electron chi connectivity index (χ3n) is 5.67. The second-order valence-corrected chi connectivity index (χ2v) is 9.32. The van der Waals surface area contributed by atoms with Gasteiger partial charge < -0.3 is 19.9 Å². The maximum Gasteiger partial charge on any atom is 0.410 e. The molecule has 4 aromatic rings. The van der Waals surface area contributed by atoms with Crippen LogP contribution in [0.3, 0.4) is 0 Å². The average Bonchev–Trinajstić information content (AvgIpc) is 3.40. The third-order valence-corrected chi connectivity index (χ3v) is 5.67. The molecule has 33 heavy (non-hydrogen) atoms. The van der Waals surface area contributed by atoms with Gasteiger partial charge in [0.05, 0.1) is 17.1 Å². The quantitative estimate of drug-likeness (QED) is 0.413. The highest BCUT2D eigenvalue weighted by Gasteiger charge is 2.24. The van der Waals surface area contributed by atoms with Crippen LogP contribution >= 0.6 is 0 Å². The van der Waals surface area contributed by atoms with Gasteiger partial charge in [-0.2, -0.15) is 5.10 Å². The van der Waals surface area contributed by atoms with E-state index in [1.165, 1.54) is 0 Å². The molecule has 0 spiro atoms. The van der Waals surface area contributed by atoms with E-state index in [-0.39, 0.29) is 6.09 Å². The molecule has 0 atom stereocenters. The minimum absolute atomic E-state index is 0.281. The smallest absolute Gasteiger partial charge is 0.410 e. The van der Waals surface area contributed by atoms with Crippen molar-refractivity contribution in [3.05, 3.63) is 48.1 Å². The molecule has 9 nitrogen and oxygen atoms in total. The van der Waals surface area contributed by atoms with Crippen LogP contribution in [-0.2, 0) is 4.74 Å². The lowest BCUT2D eigenvalue weighted by atomic mass is 10.1. The zero-order valence-corrected chi connectivity index (χ0v) is 19.2. The zero-order chi connectivity index (χ0) is 23.2. The topological polar surface area (TPSA) is 112 Å². The number of benzene rings is 1. The van der Waals surface area contributed by atoms with Crippen LogP contribution in [0.25, 0.3) is 27.5 Å². The Kier molecular flexibility index (Phi) is 5.03. The zero-order valence-electron chi connectivity index (χ0n) is 19.2. The van der Waals surface area contributed by atoms with Crippen LogP contribution in [-0.4, -0.2) is 54.8 Å². The largest absolute Gasteiger partial charge is 0.444 e. The molecule has 0 bridgehead atoms. The predicted octanol–water partition coefficient (Wildman–Crippen LogP) is 4.91. The van der Waals surface area contributed by atoms with Crippen LogP contribution in [0.1, 0.15) is 38.4 Å². The number of fused-ring (bicyclic) bond motifs is 2. The molecule has 0 fully saturated rings. The van der Waals surface area contributed by atoms with Crippen molar-refractivity contribution in [2.75, 3.05) is 18.4 Å². The van der Waals surface area contributed by atoms with Gasteiger partial charge in [-0.3, -0.25) is 5.10 Å². The predicted molar refractivity (Wildman–Crippen MR) is 128 cm³/mol. The molecule has 0 radical (unpaired) electrons. The highest BCUT2D eigenvalue weighted by Crippen LogP contribution is 2.31. The molecule has 5 rings (SSSR count). The standard InChI is InChI=1S/C24H27N7O2/c1-14-9-20-16(12-27-30-20)10-18(14)28-21-17-11-19(29-22(17)26-13-25-21)15-5-7-31(8-6-15)23(32)33-24(2,3)4/h5,9-13H,6-8H2,1-4H3,(H,27,30)(H2,25,26,28,29). The Morgan fingerprint density at radius 3 is 2.82 bits per heavy atom. The molecule has 3 N–H and O–H groups in total. The van der Waals surface area contributed by atoms with Gasteiger partial charge in [0, 0.05) is 29.9 Å². The van der Waals surface area contributed by atoms with E-state index in [0.717, 1.165) is 56.7 Å². The van der Waals surface area contributed by atoms with Crippen molar-refractivity contribution in [3.63, 3.8) is 0 Å². The Hall–Kier alpha value is -3.88. The van der Waals surface area contributed by atoms with E-state index in [1.54, 1.807) is 17.4 Å². The molecule has 1 amide bonds. The number of rotatable bonds is 3. The maximum absolute atomic E-state index is 12.3. The summed E-state index contributed by atoms with van der Waals surface area (Å²) in [5.74, 6) is 0.736. The lowest BCUT2D eigenvalue weighted by Gasteiger charge is -2.29. The first kappa shape index (κ1) is 21.0. The van der Waals surface area contributed by atoms with Crippen molar-refractivity contribution in [1.29, 1.82) is 0 Å². The summed E-state index contributed by atoms with van der Waals surface area (Å²) in [6.45, 7) is 8.80. The summed E-state index contributed by atoms with van der Waals surface area (Å²) in [5.41, 5.74) is 5.46. The second-order valence-electron chi connectivity index (χ2n) is 9.32. The van der Waals surface area contributed by atoms with Crippen molar-refractivity contribution in [1.82, 2.24) is 30.0 Å². The van der Waals surface area contributed by atoms with Crippen molar-refractivity contribution >= 4 is 45.1 Å². The van der Waals surface area contributed by atoms with Gasteiger partial charge in [0.2, 0.25) is 0 Å². The number of amides is 1. The van der Waals surface area contributed by atoms with E-state index >= 15 is 0 Å². The Morgan fingerprint density at radius 2 is 2.06 bits per heavy atom. The summed E-state index contributed by atoms with van der Waals surface area (Å²) >= 11 is 0. The average molecular weight is 446 g/mol. The lowest BCUT2D eigenvalue weighted by molar-refractivity contribution is 0.0270. The summed E-state index contributed by atoms with van der Waals surface area (Å²) in [7, 11) is 0. The molecule has 1 aliphatic rings. The highest BCUT2D eigenvalue weighted by atomic mass is 16.6. The van der Waals surface area contributed by atoms with Gasteiger partial charge in [-0.15, -0.1) is 0 Å². The van der Waals surface area contributed by atoms with Gasteiger partial charge in [0.15, 0.2) is 0 Å². The fraction of sp³-hybridized carbons (Fsp3) is 0.333. The van der Waals surface area contributed by atoms with Crippen LogP contribution in [0.5, 0.6) is 0 Å². The van der Waals surface area contributed by atoms with Crippen LogP contribution in [0.4, 0.5) is 16.3 Å². The SMILES string of the molecule is Cc1cc2[nH]ncc2cc1Nc1ncnc2[nH]c(C3=CCN(C(=O)OC(C)(C)C)CC3)cc12. The van der Waals surface area contributed by atoms with Gasteiger partial charge >= 0.3 is 6.09 Å². The second kappa shape index (κ2) is 7.91. The molecule has 4 heterocycles. The van der Waals surface area contributed by atoms with Crippen LogP contribution in [0, 0.1) is 6.92 Å². The van der Waals surface area contributed by atoms with Gasteiger partial charge in [-0.05, 0) is 63.5 Å². The molecule has 170 valence electrons. The maximum atomic E-state index is 12.3. The van der Waals surface area contributed by atoms with E-state index < -0.39 is 5.60 Å². The number of aromatic amines is 2. The van der Waals surface area contributed by atoms with E-state index in [9.17, 15) is 4.79 Å². The van der Waals surface area contributed by atoms with E-state index in [4.69, 9.17) is 4.74 Å². The molecule has 3 aromatic heterocycles. The van der Waals surface area contributed by atoms with Gasteiger partial charge in [0.1, 0.15) is 23.4 Å². The number of anilines is 2. The molecule has 0 saturated heterocycles. The van der Waals surface area contributed by atoms with Gasteiger partial charge in [-0.1, -0.05) is 6.08 Å². The van der Waals surface area contributed by atoms with Crippen molar-refractivity contribution < 1.29 is 9.53 Å². The minimum Gasteiger partial charge on any atom is -0.444 e. The first-order chi connectivity index (χ1) is 15.8. The number of carbonyl (C=O) groups is 1. The summed E-state index contributed by atoms with van der Waals surface area (Å²) in [4.78, 5) is 26.4. The number of aryl methyl sites for hydroxylation is 1. The number of hydrogen-bond donors (Lipinski definition) is 3. The first-order valence-electron chi connectivity index (χ1n) is 11.0. The fourth-order valence-electron chi connectivity index (χ4n) is 3.98. The molecular formula is C24H27N7O2. The van der Waals surface area contributed by atoms with E-state index in [2.05, 4.69) is 54.7 Å². The van der Waals surface area contributed by atoms with Crippen molar-refractivity contribution in [3.8, 4) is 0 Å². The van der Waals surface area contributed by atoms with Gasteiger partial charge in [-0.25, -0.2) is 14.8 Å². The Balaban J connectivity index is 1.39. The number of nitrogens with one attached hydrogen (secondary N) is 3. The number of nitrogens with zero attached hydrogens (tertiary/aromatic N) is 4. The Labute approximate surface area is 191 Å². The third kappa shape index (κ3) is 4.26. The van der Waals surface area contributed by atoms with Crippen molar-refractivity contribution in [2.45, 2.75) is 39.7 Å². The molecular weight excluding hydrogens is 418 g/mol. The van der Waals surface area contributed by atoms with Gasteiger partial charge in [0.25, 0.3) is 0 Å². The van der Waals surface area contributed by atoms with Crippen LogP contribution in [0.2, 0.25) is 0 Å². The Bertz CT molecular complexity index is 1380. The lowest BCUT2D eigenvalue weighted by Crippen LogP contribution is -2.39. The molecule has 0 saturated carbocycles. The molecule has 0 unspecified atom stereocenters. The number of aromatic nitrogens is 5. The highest BCUT2D eigenvalue weighted by molar-refractivity contribution is 5.93. The summed E-state index contributed by atoms with van der Waals surface area (Å²) < 4.78 is 5.49. The summed E-state index contributed by atoms with van der Waals surface area (Å²) in [6, 6.07) is 6.19. The number of hydrogen-bond acceptors (Lipinski definition) is 6. The Morgan fingerprint density at radius 1 is 1.21 bits per heavy atom. The number of carbonyl (C=O) groups excluding carboxylic acids is 1. The van der Waals surface area contributed by atoms with E-state index in [1.807, 2.05) is 27.7 Å². The molecule has 1 aliphatic heterocycles.